The normalized spacial score (nSPS) is 52.4. The van der Waals surface area contributed by atoms with E-state index in [-0.39, 0.29) is 40.1 Å². The second-order valence-corrected chi connectivity index (χ2v) is 20.3. The molecule has 0 radical (unpaired) electrons. The third-order valence-electron chi connectivity index (χ3n) is 16.8. The molecule has 7 rings (SSSR count). The van der Waals surface area contributed by atoms with E-state index >= 15 is 0 Å². The van der Waals surface area contributed by atoms with E-state index in [1.165, 1.54) is 5.57 Å². The highest BCUT2D eigenvalue weighted by Crippen LogP contribution is 2.76. The van der Waals surface area contributed by atoms with Gasteiger partial charge in [0.15, 0.2) is 18.7 Å². The number of hydrogen-bond acceptors (Lipinski definition) is 11. The molecule has 6 fully saturated rings. The Morgan fingerprint density at radius 2 is 1.44 bits per heavy atom. The molecule has 306 valence electrons. The smallest absolute Gasteiger partial charge is 0.335 e. The Morgan fingerprint density at radius 1 is 0.759 bits per heavy atom. The summed E-state index contributed by atoms with van der Waals surface area (Å²) in [5.74, 6) is -1.55. The predicted octanol–water partition coefficient (Wildman–Crippen LogP) is 3.61. The number of fused-ring (bicyclic) bond motifs is 7. The highest BCUT2D eigenvalue weighted by molar-refractivity contribution is 5.76. The van der Waals surface area contributed by atoms with Gasteiger partial charge in [0.2, 0.25) is 0 Å². The minimum absolute atomic E-state index is 0.0315. The van der Waals surface area contributed by atoms with Crippen LogP contribution in [0.25, 0.3) is 0 Å². The Kier molecular flexibility index (Phi) is 10.1. The van der Waals surface area contributed by atoms with Crippen LogP contribution in [0.5, 0.6) is 0 Å². The maximum absolute atomic E-state index is 13.0. The number of carboxylic acid groups (broad SMARTS) is 2. The zero-order chi connectivity index (χ0) is 39.6. The molecule has 4 saturated carbocycles. The van der Waals surface area contributed by atoms with Crippen molar-refractivity contribution < 1.29 is 64.3 Å². The average Bonchev–Trinajstić information content (AvgIpc) is 3.08. The molecule has 2 heterocycles. The minimum Gasteiger partial charge on any atom is -0.481 e. The molecule has 7 N–H and O–H groups in total. The number of carbonyl (C=O) groups is 2. The Hall–Kier alpha value is -1.68. The summed E-state index contributed by atoms with van der Waals surface area (Å²) >= 11 is 0. The molecular weight excluding hydrogens is 700 g/mol. The molecule has 54 heavy (non-hydrogen) atoms. The van der Waals surface area contributed by atoms with Gasteiger partial charge >= 0.3 is 11.9 Å². The van der Waals surface area contributed by atoms with Crippen LogP contribution in [0.1, 0.15) is 113 Å². The van der Waals surface area contributed by atoms with Crippen LogP contribution >= 0.6 is 0 Å². The summed E-state index contributed by atoms with van der Waals surface area (Å²) in [6.45, 7) is 15.9. The largest absolute Gasteiger partial charge is 0.481 e. The van der Waals surface area contributed by atoms with Crippen LogP contribution in [0.2, 0.25) is 0 Å². The standard InChI is InChI=1S/C41H64O13/c1-36(2)14-16-41(35(49)50)17-15-39(6)20(21(41)18-36)8-9-24-38(5)12-11-25(37(3,4)23(38)10-13-40(24,39)7)52-34-31(28(45)27(44)30(53-34)32(47)48)54-33-29(46)26(43)22(42)19-51-33/h8,21-31,33-34,42-46H,9-19H2,1-7H3,(H,47,48)(H,49,50)/t21-,22-,23+,24-,25+,26+,27+,28+,29-,30+,31-,33+,34-,38+,39-,40-,41-/m1/s1. The molecule has 0 spiro atoms. The summed E-state index contributed by atoms with van der Waals surface area (Å²) in [5, 5.41) is 73.3. The number of hydrogen-bond donors (Lipinski definition) is 7. The summed E-state index contributed by atoms with van der Waals surface area (Å²) < 4.78 is 23.8. The number of aliphatic hydroxyl groups excluding tert-OH is 5. The van der Waals surface area contributed by atoms with Crippen molar-refractivity contribution in [3.05, 3.63) is 11.6 Å². The van der Waals surface area contributed by atoms with Crippen molar-refractivity contribution in [2.75, 3.05) is 6.61 Å². The Bertz CT molecular complexity index is 1510. The van der Waals surface area contributed by atoms with Crippen molar-refractivity contribution in [2.45, 2.75) is 174 Å². The first kappa shape index (κ1) is 40.5. The molecule has 2 aliphatic heterocycles. The van der Waals surface area contributed by atoms with Crippen molar-refractivity contribution in [3.63, 3.8) is 0 Å². The maximum Gasteiger partial charge on any atom is 0.335 e. The van der Waals surface area contributed by atoms with Gasteiger partial charge in [0.25, 0.3) is 0 Å². The van der Waals surface area contributed by atoms with E-state index in [4.69, 9.17) is 18.9 Å². The second-order valence-electron chi connectivity index (χ2n) is 20.3. The SMILES string of the molecule is CC1(C)CC[C@@]2(C(=O)O)CC[C@]3(C)C(=CC[C@@H]4[C@@]5(C)CC[C@H](O[C@@H]6O[C@H](C(=O)O)[C@@H](O)[C@H](O)[C@H]6O[C@@H]6OC[C@@H](O)[C@H](O)[C@H]6O)C(C)(C)[C@@H]5CC[C@]43C)[C@H]2C1. The van der Waals surface area contributed by atoms with Crippen molar-refractivity contribution in [1.82, 2.24) is 0 Å². The van der Waals surface area contributed by atoms with Gasteiger partial charge in [-0.05, 0) is 109 Å². The van der Waals surface area contributed by atoms with Gasteiger partial charge in [-0.2, -0.15) is 0 Å². The van der Waals surface area contributed by atoms with Crippen LogP contribution in [0.4, 0.5) is 0 Å². The second kappa shape index (κ2) is 13.4. The molecule has 0 aromatic heterocycles. The van der Waals surface area contributed by atoms with E-state index in [2.05, 4.69) is 54.5 Å². The lowest BCUT2D eigenvalue weighted by Gasteiger charge is -2.71. The molecule has 2 saturated heterocycles. The fraction of sp³-hybridized carbons (Fsp3) is 0.902. The number of carboxylic acids is 2. The molecule has 7 aliphatic rings. The first-order valence-corrected chi connectivity index (χ1v) is 20.2. The van der Waals surface area contributed by atoms with Crippen LogP contribution in [0.3, 0.4) is 0 Å². The van der Waals surface area contributed by atoms with E-state index in [9.17, 15) is 45.3 Å². The van der Waals surface area contributed by atoms with Crippen LogP contribution in [-0.2, 0) is 28.5 Å². The van der Waals surface area contributed by atoms with E-state index in [0.29, 0.717) is 18.8 Å². The molecule has 0 aromatic carbocycles. The quantitative estimate of drug-likeness (QED) is 0.152. The van der Waals surface area contributed by atoms with Gasteiger partial charge in [-0.1, -0.05) is 60.1 Å². The summed E-state index contributed by atoms with van der Waals surface area (Å²) in [5.41, 5.74) is 0.0561. The molecule has 5 aliphatic carbocycles. The van der Waals surface area contributed by atoms with Gasteiger partial charge in [0.05, 0.1) is 18.1 Å². The van der Waals surface area contributed by atoms with Gasteiger partial charge in [0.1, 0.15) is 36.6 Å². The lowest BCUT2D eigenvalue weighted by atomic mass is 9.33. The van der Waals surface area contributed by atoms with Gasteiger partial charge in [-0.3, -0.25) is 4.79 Å². The average molecular weight is 765 g/mol. The molecule has 17 atom stereocenters. The van der Waals surface area contributed by atoms with Crippen molar-refractivity contribution in [1.29, 1.82) is 0 Å². The molecule has 0 unspecified atom stereocenters. The zero-order valence-corrected chi connectivity index (χ0v) is 32.9. The van der Waals surface area contributed by atoms with Crippen LogP contribution in [0, 0.1) is 50.2 Å². The number of rotatable bonds is 6. The fourth-order valence-corrected chi connectivity index (χ4v) is 13.4. The summed E-state index contributed by atoms with van der Waals surface area (Å²) in [7, 11) is 0. The highest BCUT2D eigenvalue weighted by atomic mass is 16.8. The van der Waals surface area contributed by atoms with Crippen molar-refractivity contribution in [2.24, 2.45) is 50.2 Å². The van der Waals surface area contributed by atoms with Gasteiger partial charge in [-0.15, -0.1) is 0 Å². The first-order chi connectivity index (χ1) is 25.0. The van der Waals surface area contributed by atoms with Gasteiger partial charge in [0, 0.05) is 0 Å². The highest BCUT2D eigenvalue weighted by Gasteiger charge is 2.69. The van der Waals surface area contributed by atoms with Crippen LogP contribution in [0.15, 0.2) is 11.6 Å². The van der Waals surface area contributed by atoms with Crippen molar-refractivity contribution in [3.8, 4) is 0 Å². The fourth-order valence-electron chi connectivity index (χ4n) is 13.4. The third kappa shape index (κ3) is 5.88. The minimum atomic E-state index is -1.88. The lowest BCUT2D eigenvalue weighted by Crippen LogP contribution is -2.67. The number of aliphatic hydroxyl groups is 5. The van der Waals surface area contributed by atoms with E-state index in [1.54, 1.807) is 0 Å². The summed E-state index contributed by atoms with van der Waals surface area (Å²) in [4.78, 5) is 25.2. The topological polar surface area (TPSA) is 213 Å². The summed E-state index contributed by atoms with van der Waals surface area (Å²) in [6, 6.07) is 0. The predicted molar refractivity (Wildman–Crippen MR) is 192 cm³/mol. The molecule has 0 bridgehead atoms. The zero-order valence-electron chi connectivity index (χ0n) is 32.9. The number of ether oxygens (including phenoxy) is 4. The van der Waals surface area contributed by atoms with E-state index in [0.717, 1.165) is 51.4 Å². The Balaban J connectivity index is 1.16. The van der Waals surface area contributed by atoms with E-state index < -0.39 is 84.2 Å². The number of aliphatic carboxylic acids is 2. The third-order valence-corrected chi connectivity index (χ3v) is 16.8. The van der Waals surface area contributed by atoms with Crippen molar-refractivity contribution >= 4 is 11.9 Å². The monoisotopic (exact) mass is 764 g/mol. The molecule has 0 amide bonds. The van der Waals surface area contributed by atoms with Crippen LogP contribution in [-0.4, -0.2) is 116 Å². The van der Waals surface area contributed by atoms with E-state index in [1.807, 2.05) is 0 Å². The Morgan fingerprint density at radius 3 is 2.11 bits per heavy atom. The molecular formula is C41H64O13. The molecule has 13 nitrogen and oxygen atoms in total. The first-order valence-electron chi connectivity index (χ1n) is 20.2. The van der Waals surface area contributed by atoms with Gasteiger partial charge in [-0.25, -0.2) is 4.79 Å². The molecule has 13 heteroatoms. The molecule has 0 aromatic rings. The van der Waals surface area contributed by atoms with Crippen LogP contribution < -0.4 is 0 Å². The maximum atomic E-state index is 13.0. The number of allylic oxidation sites excluding steroid dienone is 2. The lowest BCUT2D eigenvalue weighted by molar-refractivity contribution is -0.366. The van der Waals surface area contributed by atoms with Gasteiger partial charge < -0.3 is 54.7 Å². The Labute approximate surface area is 318 Å². The summed E-state index contributed by atoms with van der Waals surface area (Å²) in [6.07, 6.45) is -4.31.